The second kappa shape index (κ2) is 8.67. The minimum absolute atomic E-state index is 0.122. The monoisotopic (exact) mass is 423 g/mol. The van der Waals surface area contributed by atoms with Gasteiger partial charge in [-0.3, -0.25) is 14.5 Å². The number of carbonyl (C=O) groups excluding carboxylic acids is 1. The molecular formula is C23H25N3O3S. The molecule has 1 heterocycles. The third-order valence-electron chi connectivity index (χ3n) is 5.11. The fraction of sp³-hybridized carbons (Fsp3) is 0.217. The maximum absolute atomic E-state index is 12.8. The van der Waals surface area contributed by atoms with Crippen molar-refractivity contribution in [1.29, 1.82) is 0 Å². The summed E-state index contributed by atoms with van der Waals surface area (Å²) in [6.45, 7) is 5.55. The van der Waals surface area contributed by atoms with Gasteiger partial charge in [0.05, 0.1) is 10.9 Å². The number of anilines is 1. The first kappa shape index (κ1) is 21.5. The van der Waals surface area contributed by atoms with Crippen molar-refractivity contribution >= 4 is 21.6 Å². The molecule has 3 aromatic rings. The highest BCUT2D eigenvalue weighted by Crippen LogP contribution is 2.23. The lowest BCUT2D eigenvalue weighted by Gasteiger charge is -2.25. The number of hydrogen-bond donors (Lipinski definition) is 1. The topological polar surface area (TPSA) is 79.4 Å². The average Bonchev–Trinajstić information content (AvgIpc) is 2.74. The van der Waals surface area contributed by atoms with Crippen LogP contribution in [-0.4, -0.2) is 31.3 Å². The fourth-order valence-electron chi connectivity index (χ4n) is 3.13. The van der Waals surface area contributed by atoms with Gasteiger partial charge in [-0.1, -0.05) is 12.1 Å². The number of hydrogen-bond acceptors (Lipinski definition) is 4. The molecule has 0 fully saturated rings. The van der Waals surface area contributed by atoms with E-state index in [-0.39, 0.29) is 16.8 Å². The Balaban J connectivity index is 1.76. The van der Waals surface area contributed by atoms with Gasteiger partial charge in [-0.05, 0) is 79.9 Å². The predicted octanol–water partition coefficient (Wildman–Crippen LogP) is 4.33. The van der Waals surface area contributed by atoms with Crippen LogP contribution >= 0.6 is 0 Å². The van der Waals surface area contributed by atoms with Gasteiger partial charge in [-0.15, -0.1) is 0 Å². The smallest absolute Gasteiger partial charge is 0.262 e. The minimum atomic E-state index is -3.72. The number of pyridine rings is 1. The number of rotatable bonds is 6. The summed E-state index contributed by atoms with van der Waals surface area (Å²) in [6, 6.07) is 15.4. The van der Waals surface area contributed by atoms with Crippen LogP contribution in [0.2, 0.25) is 0 Å². The van der Waals surface area contributed by atoms with Gasteiger partial charge in [0.2, 0.25) is 0 Å². The van der Waals surface area contributed by atoms with E-state index >= 15 is 0 Å². The van der Waals surface area contributed by atoms with Crippen LogP contribution in [0.4, 0.5) is 5.69 Å². The Morgan fingerprint density at radius 1 is 1.00 bits per heavy atom. The Morgan fingerprint density at radius 3 is 2.27 bits per heavy atom. The molecule has 0 aliphatic rings. The zero-order chi connectivity index (χ0) is 21.9. The maximum Gasteiger partial charge on any atom is 0.262 e. The highest BCUT2D eigenvalue weighted by molar-refractivity contribution is 7.92. The fourth-order valence-corrected chi connectivity index (χ4v) is 4.52. The Hall–Kier alpha value is -3.19. The minimum Gasteiger partial charge on any atom is -0.335 e. The molecule has 0 radical (unpaired) electrons. The molecule has 0 aliphatic heterocycles. The maximum atomic E-state index is 12.8. The molecule has 3 rings (SSSR count). The molecule has 1 atom stereocenters. The third-order valence-corrected chi connectivity index (χ3v) is 6.63. The standard InChI is InChI=1S/C23H25N3O3S/c1-16-5-6-17(2)22(15-16)30(28,29)25-21-9-7-20(8-10-21)23(27)26(4)18(3)19-11-13-24-14-12-19/h5-15,18,25H,1-4H3. The number of amides is 1. The van der Waals surface area contributed by atoms with E-state index in [1.165, 1.54) is 0 Å². The molecule has 1 unspecified atom stereocenters. The van der Waals surface area contributed by atoms with Crippen LogP contribution in [0.25, 0.3) is 0 Å². The van der Waals surface area contributed by atoms with Crippen molar-refractivity contribution in [3.63, 3.8) is 0 Å². The summed E-state index contributed by atoms with van der Waals surface area (Å²) in [5.74, 6) is -0.150. The highest BCUT2D eigenvalue weighted by Gasteiger charge is 2.20. The quantitative estimate of drug-likeness (QED) is 0.640. The van der Waals surface area contributed by atoms with Crippen LogP contribution in [0.5, 0.6) is 0 Å². The first-order chi connectivity index (χ1) is 14.2. The molecule has 0 aliphatic carbocycles. The van der Waals surface area contributed by atoms with E-state index in [0.29, 0.717) is 16.8 Å². The third kappa shape index (κ3) is 4.68. The van der Waals surface area contributed by atoms with Gasteiger partial charge in [-0.25, -0.2) is 8.42 Å². The van der Waals surface area contributed by atoms with Crippen molar-refractivity contribution in [2.75, 3.05) is 11.8 Å². The Bertz CT molecular complexity index is 1140. The number of aromatic nitrogens is 1. The zero-order valence-electron chi connectivity index (χ0n) is 17.5. The van der Waals surface area contributed by atoms with Crippen LogP contribution < -0.4 is 4.72 Å². The number of nitrogens with zero attached hydrogens (tertiary/aromatic N) is 2. The number of carbonyl (C=O) groups is 1. The van der Waals surface area contributed by atoms with Gasteiger partial charge in [-0.2, -0.15) is 0 Å². The lowest BCUT2D eigenvalue weighted by Crippen LogP contribution is -2.29. The first-order valence-electron chi connectivity index (χ1n) is 9.56. The molecule has 0 saturated carbocycles. The van der Waals surface area contributed by atoms with Gasteiger partial charge in [0.25, 0.3) is 15.9 Å². The molecule has 1 amide bonds. The van der Waals surface area contributed by atoms with Crippen molar-refractivity contribution in [2.24, 2.45) is 0 Å². The van der Waals surface area contributed by atoms with Gasteiger partial charge < -0.3 is 4.90 Å². The Kier molecular flexibility index (Phi) is 6.22. The first-order valence-corrected chi connectivity index (χ1v) is 11.0. The molecule has 0 spiro atoms. The lowest BCUT2D eigenvalue weighted by molar-refractivity contribution is 0.0742. The molecule has 156 valence electrons. The zero-order valence-corrected chi connectivity index (χ0v) is 18.3. The number of sulfonamides is 1. The molecule has 1 N–H and O–H groups in total. The largest absolute Gasteiger partial charge is 0.335 e. The molecule has 1 aromatic heterocycles. The summed E-state index contributed by atoms with van der Waals surface area (Å²) in [5, 5.41) is 0. The summed E-state index contributed by atoms with van der Waals surface area (Å²) in [6.07, 6.45) is 3.39. The van der Waals surface area contributed by atoms with Gasteiger partial charge in [0, 0.05) is 30.7 Å². The highest BCUT2D eigenvalue weighted by atomic mass is 32.2. The van der Waals surface area contributed by atoms with E-state index in [1.54, 1.807) is 67.7 Å². The second-order valence-electron chi connectivity index (χ2n) is 7.32. The normalized spacial score (nSPS) is 12.3. The van der Waals surface area contributed by atoms with E-state index in [1.807, 2.05) is 32.0 Å². The van der Waals surface area contributed by atoms with Crippen LogP contribution in [0, 0.1) is 13.8 Å². The van der Waals surface area contributed by atoms with E-state index < -0.39 is 10.0 Å². The van der Waals surface area contributed by atoms with E-state index in [0.717, 1.165) is 11.1 Å². The molecular weight excluding hydrogens is 398 g/mol. The predicted molar refractivity (Wildman–Crippen MR) is 118 cm³/mol. The molecule has 0 bridgehead atoms. The van der Waals surface area contributed by atoms with Crippen molar-refractivity contribution < 1.29 is 13.2 Å². The van der Waals surface area contributed by atoms with Crippen LogP contribution in [0.15, 0.2) is 71.9 Å². The summed E-state index contributed by atoms with van der Waals surface area (Å²) >= 11 is 0. The summed E-state index contributed by atoms with van der Waals surface area (Å²) in [4.78, 5) is 18.7. The second-order valence-corrected chi connectivity index (χ2v) is 8.98. The number of aryl methyl sites for hydroxylation is 2. The molecule has 6 nitrogen and oxygen atoms in total. The Morgan fingerprint density at radius 2 is 1.63 bits per heavy atom. The molecule has 7 heteroatoms. The Labute approximate surface area is 177 Å². The lowest BCUT2D eigenvalue weighted by atomic mass is 10.1. The van der Waals surface area contributed by atoms with Crippen LogP contribution in [-0.2, 0) is 10.0 Å². The SMILES string of the molecule is Cc1ccc(C)c(S(=O)(=O)Nc2ccc(C(=O)N(C)C(C)c3ccncc3)cc2)c1. The summed E-state index contributed by atoms with van der Waals surface area (Å²) in [7, 11) is -1.98. The molecule has 0 saturated heterocycles. The number of nitrogens with one attached hydrogen (secondary N) is 1. The van der Waals surface area contributed by atoms with Gasteiger partial charge in [0.15, 0.2) is 0 Å². The van der Waals surface area contributed by atoms with Crippen molar-refractivity contribution in [3.8, 4) is 0 Å². The van der Waals surface area contributed by atoms with Crippen LogP contribution in [0.3, 0.4) is 0 Å². The van der Waals surface area contributed by atoms with Crippen molar-refractivity contribution in [1.82, 2.24) is 9.88 Å². The van der Waals surface area contributed by atoms with Gasteiger partial charge in [0.1, 0.15) is 0 Å². The molecule has 30 heavy (non-hydrogen) atoms. The average molecular weight is 424 g/mol. The van der Waals surface area contributed by atoms with E-state index in [2.05, 4.69) is 9.71 Å². The molecule has 2 aromatic carbocycles. The van der Waals surface area contributed by atoms with E-state index in [9.17, 15) is 13.2 Å². The summed E-state index contributed by atoms with van der Waals surface area (Å²) in [5.41, 5.74) is 3.41. The van der Waals surface area contributed by atoms with E-state index in [4.69, 9.17) is 0 Å². The summed E-state index contributed by atoms with van der Waals surface area (Å²) < 4.78 is 28.1. The van der Waals surface area contributed by atoms with Crippen LogP contribution in [0.1, 0.15) is 40.0 Å². The number of benzene rings is 2. The van der Waals surface area contributed by atoms with Gasteiger partial charge >= 0.3 is 0 Å². The van der Waals surface area contributed by atoms with Crippen molar-refractivity contribution in [2.45, 2.75) is 31.7 Å². The van der Waals surface area contributed by atoms with Crippen molar-refractivity contribution in [3.05, 3.63) is 89.2 Å².